The van der Waals surface area contributed by atoms with E-state index in [9.17, 15) is 4.79 Å². The Morgan fingerprint density at radius 1 is 1.25 bits per heavy atom. The predicted molar refractivity (Wildman–Crippen MR) is 90.9 cm³/mol. The third-order valence-electron chi connectivity index (χ3n) is 3.77. The molecule has 0 aliphatic carbocycles. The number of hydrogen-bond donors (Lipinski definition) is 0. The number of nitrogens with zero attached hydrogens (tertiary/aromatic N) is 3. The lowest BCUT2D eigenvalue weighted by Gasteiger charge is -2.17. The molecule has 0 saturated heterocycles. The van der Waals surface area contributed by atoms with Crippen molar-refractivity contribution < 1.29 is 14.1 Å². The molecule has 2 aromatic rings. The van der Waals surface area contributed by atoms with Gasteiger partial charge < -0.3 is 14.2 Å². The van der Waals surface area contributed by atoms with Crippen LogP contribution >= 0.6 is 0 Å². The van der Waals surface area contributed by atoms with Crippen LogP contribution in [-0.4, -0.2) is 41.1 Å². The molecule has 6 heteroatoms. The number of para-hydroxylation sites is 1. The van der Waals surface area contributed by atoms with Crippen LogP contribution in [0.2, 0.25) is 0 Å². The Morgan fingerprint density at radius 3 is 2.75 bits per heavy atom. The molecule has 1 aromatic heterocycles. The SMILES string of the molecule is Cc1noc(CCCC(=O)N(C)CCCOc2ccccc2C)n1. The van der Waals surface area contributed by atoms with E-state index >= 15 is 0 Å². The zero-order chi connectivity index (χ0) is 17.4. The molecule has 0 unspecified atom stereocenters. The van der Waals surface area contributed by atoms with E-state index in [2.05, 4.69) is 10.1 Å². The Hall–Kier alpha value is -2.37. The number of benzene rings is 1. The number of carbonyl (C=O) groups is 1. The van der Waals surface area contributed by atoms with Gasteiger partial charge in [-0.25, -0.2) is 0 Å². The first kappa shape index (κ1) is 18.0. The lowest BCUT2D eigenvalue weighted by atomic mass is 10.2. The third-order valence-corrected chi connectivity index (χ3v) is 3.77. The Balaban J connectivity index is 1.60. The predicted octanol–water partition coefficient (Wildman–Crippen LogP) is 2.94. The van der Waals surface area contributed by atoms with E-state index in [1.807, 2.05) is 38.2 Å². The van der Waals surface area contributed by atoms with Gasteiger partial charge in [-0.3, -0.25) is 4.79 Å². The molecule has 0 fully saturated rings. The van der Waals surface area contributed by atoms with Crippen molar-refractivity contribution in [3.05, 3.63) is 41.5 Å². The van der Waals surface area contributed by atoms with Crippen molar-refractivity contribution in [1.29, 1.82) is 0 Å². The second-order valence-electron chi connectivity index (χ2n) is 5.87. The number of aromatic nitrogens is 2. The summed E-state index contributed by atoms with van der Waals surface area (Å²) in [7, 11) is 1.83. The van der Waals surface area contributed by atoms with Gasteiger partial charge in [-0.2, -0.15) is 4.98 Å². The molecule has 0 aliphatic heterocycles. The lowest BCUT2D eigenvalue weighted by Crippen LogP contribution is -2.28. The second-order valence-corrected chi connectivity index (χ2v) is 5.87. The summed E-state index contributed by atoms with van der Waals surface area (Å²) in [6, 6.07) is 7.94. The fourth-order valence-electron chi connectivity index (χ4n) is 2.35. The Morgan fingerprint density at radius 2 is 2.04 bits per heavy atom. The van der Waals surface area contributed by atoms with Gasteiger partial charge in [0.15, 0.2) is 5.82 Å². The number of amides is 1. The highest BCUT2D eigenvalue weighted by atomic mass is 16.5. The van der Waals surface area contributed by atoms with Gasteiger partial charge in [0.05, 0.1) is 6.61 Å². The van der Waals surface area contributed by atoms with Crippen LogP contribution in [0.25, 0.3) is 0 Å². The van der Waals surface area contributed by atoms with Crippen LogP contribution in [0, 0.1) is 13.8 Å². The molecule has 0 atom stereocenters. The molecule has 0 aliphatic rings. The van der Waals surface area contributed by atoms with E-state index in [4.69, 9.17) is 9.26 Å². The van der Waals surface area contributed by atoms with Gasteiger partial charge in [0.1, 0.15) is 5.75 Å². The summed E-state index contributed by atoms with van der Waals surface area (Å²) in [4.78, 5) is 18.0. The molecule has 1 heterocycles. The van der Waals surface area contributed by atoms with Crippen molar-refractivity contribution in [3.63, 3.8) is 0 Å². The summed E-state index contributed by atoms with van der Waals surface area (Å²) in [6.07, 6.45) is 2.64. The smallest absolute Gasteiger partial charge is 0.226 e. The van der Waals surface area contributed by atoms with Crippen LogP contribution < -0.4 is 4.74 Å². The minimum absolute atomic E-state index is 0.127. The van der Waals surface area contributed by atoms with E-state index < -0.39 is 0 Å². The molecular weight excluding hydrogens is 306 g/mol. The van der Waals surface area contributed by atoms with Crippen LogP contribution in [0.3, 0.4) is 0 Å². The number of ether oxygens (including phenoxy) is 1. The molecule has 6 nitrogen and oxygen atoms in total. The summed E-state index contributed by atoms with van der Waals surface area (Å²) >= 11 is 0. The van der Waals surface area contributed by atoms with E-state index in [-0.39, 0.29) is 5.91 Å². The highest BCUT2D eigenvalue weighted by Crippen LogP contribution is 2.16. The Kier molecular flexibility index (Phi) is 6.78. The van der Waals surface area contributed by atoms with Crippen LogP contribution in [0.5, 0.6) is 5.75 Å². The summed E-state index contributed by atoms with van der Waals surface area (Å²) < 4.78 is 10.8. The average Bonchev–Trinajstić information content (AvgIpc) is 2.98. The zero-order valence-corrected chi connectivity index (χ0v) is 14.6. The van der Waals surface area contributed by atoms with Crippen molar-refractivity contribution >= 4 is 5.91 Å². The maximum absolute atomic E-state index is 12.1. The van der Waals surface area contributed by atoms with E-state index in [1.165, 1.54) is 0 Å². The van der Waals surface area contributed by atoms with Crippen molar-refractivity contribution in [2.45, 2.75) is 39.5 Å². The molecular formula is C18H25N3O3. The quantitative estimate of drug-likeness (QED) is 0.661. The van der Waals surface area contributed by atoms with Gasteiger partial charge >= 0.3 is 0 Å². The molecule has 24 heavy (non-hydrogen) atoms. The number of carbonyl (C=O) groups excluding carboxylic acids is 1. The normalized spacial score (nSPS) is 10.6. The molecule has 130 valence electrons. The second kappa shape index (κ2) is 9.05. The van der Waals surface area contributed by atoms with Crippen molar-refractivity contribution in [1.82, 2.24) is 15.0 Å². The molecule has 0 N–H and O–H groups in total. The van der Waals surface area contributed by atoms with Gasteiger partial charge in [-0.15, -0.1) is 0 Å². The fourth-order valence-corrected chi connectivity index (χ4v) is 2.35. The van der Waals surface area contributed by atoms with Crippen LogP contribution in [-0.2, 0) is 11.2 Å². The Labute approximate surface area is 142 Å². The highest BCUT2D eigenvalue weighted by molar-refractivity contribution is 5.75. The van der Waals surface area contributed by atoms with Crippen LogP contribution in [0.1, 0.15) is 36.5 Å². The minimum Gasteiger partial charge on any atom is -0.493 e. The van der Waals surface area contributed by atoms with Crippen LogP contribution in [0.15, 0.2) is 28.8 Å². The van der Waals surface area contributed by atoms with Gasteiger partial charge in [-0.05, 0) is 38.3 Å². The van der Waals surface area contributed by atoms with Gasteiger partial charge in [-0.1, -0.05) is 23.4 Å². The summed E-state index contributed by atoms with van der Waals surface area (Å²) in [5, 5.41) is 3.74. The summed E-state index contributed by atoms with van der Waals surface area (Å²) in [5.74, 6) is 2.25. The molecule has 1 aromatic carbocycles. The zero-order valence-electron chi connectivity index (χ0n) is 14.6. The lowest BCUT2D eigenvalue weighted by molar-refractivity contribution is -0.130. The molecule has 1 amide bonds. The van der Waals surface area contributed by atoms with Crippen molar-refractivity contribution in [3.8, 4) is 5.75 Å². The average molecular weight is 331 g/mol. The van der Waals surface area contributed by atoms with Crippen molar-refractivity contribution in [2.75, 3.05) is 20.2 Å². The largest absolute Gasteiger partial charge is 0.493 e. The first-order valence-electron chi connectivity index (χ1n) is 8.28. The number of aryl methyl sites for hydroxylation is 3. The minimum atomic E-state index is 0.127. The van der Waals surface area contributed by atoms with E-state index in [0.29, 0.717) is 44.1 Å². The standard InChI is InChI=1S/C18H25N3O3/c1-14-8-4-5-9-16(14)23-13-7-12-21(3)18(22)11-6-10-17-19-15(2)20-24-17/h4-5,8-9H,6-7,10-13H2,1-3H3. The topological polar surface area (TPSA) is 68.5 Å². The first-order valence-corrected chi connectivity index (χ1v) is 8.28. The first-order chi connectivity index (χ1) is 11.6. The van der Waals surface area contributed by atoms with Crippen molar-refractivity contribution in [2.24, 2.45) is 0 Å². The monoisotopic (exact) mass is 331 g/mol. The van der Waals surface area contributed by atoms with Gasteiger partial charge in [0.25, 0.3) is 0 Å². The maximum atomic E-state index is 12.1. The Bertz CT molecular complexity index is 654. The summed E-state index contributed by atoms with van der Waals surface area (Å²) in [6.45, 7) is 5.09. The van der Waals surface area contributed by atoms with Gasteiger partial charge in [0.2, 0.25) is 11.8 Å². The molecule has 0 saturated carbocycles. The fraction of sp³-hybridized carbons (Fsp3) is 0.500. The molecule has 0 bridgehead atoms. The number of rotatable bonds is 9. The molecule has 0 spiro atoms. The maximum Gasteiger partial charge on any atom is 0.226 e. The van der Waals surface area contributed by atoms with E-state index in [1.54, 1.807) is 11.8 Å². The van der Waals surface area contributed by atoms with Gasteiger partial charge in [0, 0.05) is 26.4 Å². The molecule has 0 radical (unpaired) electrons. The summed E-state index contributed by atoms with van der Waals surface area (Å²) in [5.41, 5.74) is 1.12. The van der Waals surface area contributed by atoms with E-state index in [0.717, 1.165) is 17.7 Å². The number of hydrogen-bond acceptors (Lipinski definition) is 5. The van der Waals surface area contributed by atoms with Crippen LogP contribution in [0.4, 0.5) is 0 Å². The highest BCUT2D eigenvalue weighted by Gasteiger charge is 2.10. The third kappa shape index (κ3) is 5.68. The molecule has 2 rings (SSSR count).